The van der Waals surface area contributed by atoms with Gasteiger partial charge in [-0.3, -0.25) is 0 Å². The molecule has 4 nitrogen and oxygen atoms in total. The van der Waals surface area contributed by atoms with Crippen molar-refractivity contribution in [2.75, 3.05) is 0 Å². The Bertz CT molecular complexity index is 4370. The Morgan fingerprint density at radius 1 is 0.333 bits per heavy atom. The molecule has 0 saturated heterocycles. The van der Waals surface area contributed by atoms with E-state index < -0.39 is 0 Å². The van der Waals surface area contributed by atoms with E-state index in [1.54, 1.807) is 0 Å². The summed E-state index contributed by atoms with van der Waals surface area (Å²) in [7, 11) is 32.7. The summed E-state index contributed by atoms with van der Waals surface area (Å²) in [5.41, 5.74) is 34.3. The third-order valence-corrected chi connectivity index (χ3v) is 17.5. The lowest BCUT2D eigenvalue weighted by Gasteiger charge is -2.26. The van der Waals surface area contributed by atoms with Crippen molar-refractivity contribution >= 4 is 252 Å². The van der Waals surface area contributed by atoms with Crippen LogP contribution in [-0.4, -0.2) is 124 Å². The van der Waals surface area contributed by atoms with Crippen LogP contribution in [0, 0.1) is 0 Å². The fourth-order valence-corrected chi connectivity index (χ4v) is 12.6. The largest absolute Gasteiger partial charge is 0.456 e. The molecule has 0 spiro atoms. The average molecular weight is 905 g/mol. The molecule has 0 aliphatic carbocycles. The van der Waals surface area contributed by atoms with E-state index in [-0.39, 0.29) is 0 Å². The van der Waals surface area contributed by atoms with Crippen LogP contribution >= 0.6 is 0 Å². The van der Waals surface area contributed by atoms with E-state index in [4.69, 9.17) is 14.4 Å². The van der Waals surface area contributed by atoms with Gasteiger partial charge >= 0.3 is 0 Å². The molecule has 326 valence electrons. The van der Waals surface area contributed by atoms with Crippen molar-refractivity contribution in [1.29, 1.82) is 0 Å². The molecule has 0 aliphatic heterocycles. The van der Waals surface area contributed by atoms with Crippen molar-refractivity contribution in [3.8, 4) is 50.5 Å². The number of fused-ring (bicyclic) bond motifs is 9. The highest BCUT2D eigenvalue weighted by Crippen LogP contribution is 2.43. The Labute approximate surface area is 434 Å². The summed E-state index contributed by atoms with van der Waals surface area (Å²) in [5.74, 6) is 0. The second-order valence-corrected chi connectivity index (χ2v) is 20.9. The normalized spacial score (nSPS) is 11.8. The summed E-state index contributed by atoms with van der Waals surface area (Å²) < 4.78 is 9.58. The molecule has 3 aromatic heterocycles. The standard InChI is InChI=1S/C54H47B14N3O/c55-36-30(37(56)48(67)54(47(36)66)71-52-33(35-41(60)44(63)45(64)49(68)53(35)71)32-34(40(59)46(52)65)39(58)43(62)42(61)38(32)57)23-18-25(31-24-13-4-7-16-28(24)72-29(31)19-23)51-50(69-26-14-5-6-15-27(26)70-51)22-12-8-11-21(17-22)20-9-2-1-3-10-20/h1-19H,55-68H2. The molecule has 18 heteroatoms. The van der Waals surface area contributed by atoms with Gasteiger partial charge in [-0.25, -0.2) is 9.97 Å². The maximum atomic E-state index is 6.89. The van der Waals surface area contributed by atoms with Crippen molar-refractivity contribution in [2.45, 2.75) is 0 Å². The van der Waals surface area contributed by atoms with Gasteiger partial charge in [-0.05, 0) is 69.4 Å². The van der Waals surface area contributed by atoms with E-state index >= 15 is 0 Å². The lowest BCUT2D eigenvalue weighted by molar-refractivity contribution is 0.669. The summed E-state index contributed by atoms with van der Waals surface area (Å²) in [4.78, 5) is 11.0. The van der Waals surface area contributed by atoms with Crippen LogP contribution in [0.3, 0.4) is 0 Å². The lowest BCUT2D eigenvalue weighted by Crippen LogP contribution is -2.50. The summed E-state index contributed by atoms with van der Waals surface area (Å²) in [5, 5.41) is 7.67. The second-order valence-electron chi connectivity index (χ2n) is 20.9. The monoisotopic (exact) mass is 908 g/mol. The van der Waals surface area contributed by atoms with Crippen molar-refractivity contribution in [1.82, 2.24) is 14.5 Å². The smallest absolute Gasteiger partial charge is 0.141 e. The number of benzene rings is 9. The predicted molar refractivity (Wildman–Crippen MR) is 355 cm³/mol. The van der Waals surface area contributed by atoms with Crippen LogP contribution in [0.2, 0.25) is 0 Å². The van der Waals surface area contributed by atoms with Gasteiger partial charge in [-0.2, -0.15) is 0 Å². The van der Waals surface area contributed by atoms with Crippen LogP contribution in [-0.2, 0) is 0 Å². The number of rotatable bonds is 5. The summed E-state index contributed by atoms with van der Waals surface area (Å²) in [6, 6.07) is 40.6. The maximum absolute atomic E-state index is 6.89. The zero-order valence-corrected chi connectivity index (χ0v) is 44.2. The minimum absolute atomic E-state index is 0.827. The molecular formula is C54H47B14N3O. The topological polar surface area (TPSA) is 43.9 Å². The highest BCUT2D eigenvalue weighted by Gasteiger charge is 2.29. The molecule has 0 unspecified atom stereocenters. The highest BCUT2D eigenvalue weighted by atomic mass is 16.3. The van der Waals surface area contributed by atoms with Gasteiger partial charge in [-0.1, -0.05) is 139 Å². The fraction of sp³-hybridized carbons (Fsp3) is 0. The van der Waals surface area contributed by atoms with Gasteiger partial charge in [0.2, 0.25) is 0 Å². The molecule has 0 N–H and O–H groups in total. The van der Waals surface area contributed by atoms with Crippen LogP contribution in [0.1, 0.15) is 0 Å². The average Bonchev–Trinajstić information content (AvgIpc) is 3.95. The molecule has 3 heterocycles. The number of hydrogen-bond donors (Lipinski definition) is 0. The number of aromatic nitrogens is 3. The summed E-state index contributed by atoms with van der Waals surface area (Å²) in [6.45, 7) is 0. The van der Waals surface area contributed by atoms with Gasteiger partial charge in [0.1, 0.15) is 121 Å². The van der Waals surface area contributed by atoms with Gasteiger partial charge in [0.15, 0.2) is 0 Å². The molecular weight excluding hydrogens is 858 g/mol. The van der Waals surface area contributed by atoms with Crippen LogP contribution in [0.5, 0.6) is 0 Å². The van der Waals surface area contributed by atoms with Gasteiger partial charge in [0.05, 0.1) is 22.4 Å². The third-order valence-electron chi connectivity index (χ3n) is 17.5. The molecule has 0 bridgehead atoms. The molecule has 0 fully saturated rings. The zero-order chi connectivity index (χ0) is 50.3. The zero-order valence-electron chi connectivity index (χ0n) is 44.2. The minimum Gasteiger partial charge on any atom is -0.456 e. The quantitative estimate of drug-likeness (QED) is 0.162. The van der Waals surface area contributed by atoms with Gasteiger partial charge in [-0.15, -0.1) is 16.4 Å². The highest BCUT2D eigenvalue weighted by molar-refractivity contribution is 6.74. The SMILES string of the molecule is Bc1c(B)c(-n2c3c(B)c(B)c(B)c(B)c3c3c4c(B)c(B)c(B)c(B)c4c(B)c(B)c32)c(B)c(B)c1-c1cc(-c2nc3ccccc3nc2-c2cccc(-c3ccccc3)c2)c2c(c1)oc1ccccc12. The summed E-state index contributed by atoms with van der Waals surface area (Å²) >= 11 is 0. The maximum Gasteiger partial charge on any atom is 0.141 e. The first kappa shape index (κ1) is 46.2. The van der Waals surface area contributed by atoms with E-state index in [0.29, 0.717) is 0 Å². The van der Waals surface area contributed by atoms with Crippen molar-refractivity contribution in [3.63, 3.8) is 0 Å². The van der Waals surface area contributed by atoms with Crippen LogP contribution < -0.4 is 76.5 Å². The Balaban J connectivity index is 1.17. The van der Waals surface area contributed by atoms with Gasteiger partial charge in [0.25, 0.3) is 0 Å². The van der Waals surface area contributed by atoms with E-state index in [1.807, 2.05) is 12.1 Å². The Kier molecular flexibility index (Phi) is 10.8. The van der Waals surface area contributed by atoms with E-state index in [2.05, 4.69) is 218 Å². The second kappa shape index (κ2) is 16.8. The number of nitrogens with zero attached hydrogens (tertiary/aromatic N) is 3. The predicted octanol–water partition coefficient (Wildman–Crippen LogP) is -9.93. The minimum atomic E-state index is 0.827. The number of para-hydroxylation sites is 3. The first-order valence-electron chi connectivity index (χ1n) is 25.5. The number of furan rings is 1. The number of hydrogen-bond acceptors (Lipinski definition) is 3. The molecule has 9 aromatic carbocycles. The Morgan fingerprint density at radius 2 is 0.847 bits per heavy atom. The Hall–Kier alpha value is -6.91. The van der Waals surface area contributed by atoms with Gasteiger partial charge < -0.3 is 8.98 Å². The lowest BCUT2D eigenvalue weighted by atomic mass is 9.61. The molecule has 0 atom stereocenters. The first-order chi connectivity index (χ1) is 34.6. The first-order valence-corrected chi connectivity index (χ1v) is 25.5. The molecule has 12 aromatic rings. The van der Waals surface area contributed by atoms with Crippen LogP contribution in [0.15, 0.2) is 120 Å². The molecule has 12 rings (SSSR count). The van der Waals surface area contributed by atoms with Crippen molar-refractivity contribution < 1.29 is 4.42 Å². The molecule has 0 aliphatic rings. The molecule has 0 saturated carbocycles. The van der Waals surface area contributed by atoms with E-state index in [1.165, 1.54) is 120 Å². The molecule has 72 heavy (non-hydrogen) atoms. The fourth-order valence-electron chi connectivity index (χ4n) is 12.6. The molecule has 0 amide bonds. The third kappa shape index (κ3) is 6.52. The van der Waals surface area contributed by atoms with Crippen LogP contribution in [0.25, 0.3) is 116 Å². The Morgan fingerprint density at radius 3 is 1.53 bits per heavy atom. The van der Waals surface area contributed by atoms with Crippen molar-refractivity contribution in [3.05, 3.63) is 115 Å². The summed E-state index contributed by atoms with van der Waals surface area (Å²) in [6.07, 6.45) is 0. The molecule has 0 radical (unpaired) electrons. The van der Waals surface area contributed by atoms with Gasteiger partial charge in [0, 0.05) is 49.4 Å². The van der Waals surface area contributed by atoms with E-state index in [9.17, 15) is 0 Å². The van der Waals surface area contributed by atoms with E-state index in [0.717, 1.165) is 72.2 Å². The van der Waals surface area contributed by atoms with Crippen LogP contribution in [0.4, 0.5) is 0 Å². The van der Waals surface area contributed by atoms with Crippen molar-refractivity contribution in [2.24, 2.45) is 0 Å².